The SMILES string of the molecule is COC(=O)CCCS(=O)(=O)NC1CCCC(C(F)(F)F)C1. The average molecular weight is 331 g/mol. The van der Waals surface area contributed by atoms with Crippen molar-refractivity contribution in [2.45, 2.75) is 50.7 Å². The fraction of sp³-hybridized carbons (Fsp3) is 0.917. The number of halogens is 3. The Bertz CT molecular complexity index is 450. The highest BCUT2D eigenvalue weighted by Gasteiger charge is 2.42. The van der Waals surface area contributed by atoms with Gasteiger partial charge < -0.3 is 4.74 Å². The number of alkyl halides is 3. The predicted octanol–water partition coefficient (Wildman–Crippen LogP) is 1.98. The maximum atomic E-state index is 12.6. The maximum absolute atomic E-state index is 12.6. The fourth-order valence-electron chi connectivity index (χ4n) is 2.42. The summed E-state index contributed by atoms with van der Waals surface area (Å²) in [5.74, 6) is -2.26. The number of carbonyl (C=O) groups is 1. The summed E-state index contributed by atoms with van der Waals surface area (Å²) in [6, 6.07) is -0.687. The molecule has 0 radical (unpaired) electrons. The van der Waals surface area contributed by atoms with Gasteiger partial charge in [0, 0.05) is 12.5 Å². The minimum atomic E-state index is -4.28. The number of sulfonamides is 1. The lowest BCUT2D eigenvalue weighted by molar-refractivity contribution is -0.183. The van der Waals surface area contributed by atoms with Crippen LogP contribution in [0.1, 0.15) is 38.5 Å². The lowest BCUT2D eigenvalue weighted by Crippen LogP contribution is -2.42. The Hall–Kier alpha value is -0.830. The van der Waals surface area contributed by atoms with E-state index < -0.39 is 34.1 Å². The van der Waals surface area contributed by atoms with Crippen LogP contribution in [0.4, 0.5) is 13.2 Å². The van der Waals surface area contributed by atoms with E-state index in [2.05, 4.69) is 9.46 Å². The van der Waals surface area contributed by atoms with Gasteiger partial charge in [0.05, 0.1) is 18.8 Å². The number of hydrogen-bond acceptors (Lipinski definition) is 4. The number of nitrogens with one attached hydrogen (secondary N) is 1. The van der Waals surface area contributed by atoms with E-state index in [9.17, 15) is 26.4 Å². The Labute approximate surface area is 122 Å². The van der Waals surface area contributed by atoms with E-state index >= 15 is 0 Å². The summed E-state index contributed by atoms with van der Waals surface area (Å²) in [7, 11) is -2.48. The minimum absolute atomic E-state index is 0.0345. The van der Waals surface area contributed by atoms with Gasteiger partial charge in [-0.05, 0) is 25.7 Å². The zero-order valence-corrected chi connectivity index (χ0v) is 12.6. The molecule has 0 aromatic carbocycles. The van der Waals surface area contributed by atoms with E-state index in [1.807, 2.05) is 0 Å². The molecule has 1 N–H and O–H groups in total. The van der Waals surface area contributed by atoms with Crippen molar-refractivity contribution in [3.05, 3.63) is 0 Å². The molecule has 1 aliphatic carbocycles. The quantitative estimate of drug-likeness (QED) is 0.756. The molecule has 0 heterocycles. The molecular formula is C12H20F3NO4S. The maximum Gasteiger partial charge on any atom is 0.391 e. The van der Waals surface area contributed by atoms with E-state index in [0.29, 0.717) is 12.8 Å². The van der Waals surface area contributed by atoms with Crippen molar-refractivity contribution in [3.63, 3.8) is 0 Å². The van der Waals surface area contributed by atoms with Crippen molar-refractivity contribution >= 4 is 16.0 Å². The van der Waals surface area contributed by atoms with E-state index in [4.69, 9.17) is 0 Å². The molecule has 0 aromatic rings. The summed E-state index contributed by atoms with van der Waals surface area (Å²) in [4.78, 5) is 10.9. The molecule has 0 spiro atoms. The number of esters is 1. The van der Waals surface area contributed by atoms with E-state index in [1.54, 1.807) is 0 Å². The molecule has 1 fully saturated rings. The lowest BCUT2D eigenvalue weighted by atomic mass is 9.86. The van der Waals surface area contributed by atoms with Crippen molar-refractivity contribution in [2.75, 3.05) is 12.9 Å². The molecule has 1 saturated carbocycles. The third-order valence-electron chi connectivity index (χ3n) is 3.50. The lowest BCUT2D eigenvalue weighted by Gasteiger charge is -2.30. The normalized spacial score (nSPS) is 23.8. The second-order valence-electron chi connectivity index (χ2n) is 5.22. The highest BCUT2D eigenvalue weighted by Crippen LogP contribution is 2.37. The van der Waals surface area contributed by atoms with Gasteiger partial charge in [0.1, 0.15) is 0 Å². The van der Waals surface area contributed by atoms with Crippen LogP contribution in [0.15, 0.2) is 0 Å². The van der Waals surface area contributed by atoms with E-state index in [1.165, 1.54) is 7.11 Å². The van der Waals surface area contributed by atoms with Crippen molar-refractivity contribution in [1.82, 2.24) is 4.72 Å². The van der Waals surface area contributed by atoms with Crippen LogP contribution in [-0.2, 0) is 19.6 Å². The van der Waals surface area contributed by atoms with Gasteiger partial charge in [-0.1, -0.05) is 6.42 Å². The van der Waals surface area contributed by atoms with Crippen LogP contribution in [0.5, 0.6) is 0 Å². The first-order valence-electron chi connectivity index (χ1n) is 6.77. The van der Waals surface area contributed by atoms with Gasteiger partial charge in [0.25, 0.3) is 0 Å². The molecule has 2 unspecified atom stereocenters. The van der Waals surface area contributed by atoms with Gasteiger partial charge in [-0.3, -0.25) is 4.79 Å². The smallest absolute Gasteiger partial charge is 0.391 e. The Balaban J connectivity index is 2.45. The van der Waals surface area contributed by atoms with Gasteiger partial charge in [-0.2, -0.15) is 13.2 Å². The molecule has 5 nitrogen and oxygen atoms in total. The van der Waals surface area contributed by atoms with Gasteiger partial charge in [0.2, 0.25) is 10.0 Å². The van der Waals surface area contributed by atoms with E-state index in [-0.39, 0.29) is 31.4 Å². The zero-order chi connectivity index (χ0) is 16.1. The van der Waals surface area contributed by atoms with Crippen molar-refractivity contribution < 1.29 is 31.1 Å². The molecule has 1 aliphatic rings. The first kappa shape index (κ1) is 18.2. The zero-order valence-electron chi connectivity index (χ0n) is 11.8. The molecule has 0 aromatic heterocycles. The fourth-order valence-corrected chi connectivity index (χ4v) is 3.78. The van der Waals surface area contributed by atoms with Crippen LogP contribution in [0.25, 0.3) is 0 Å². The Morgan fingerprint density at radius 3 is 2.57 bits per heavy atom. The van der Waals surface area contributed by atoms with Gasteiger partial charge in [-0.15, -0.1) is 0 Å². The molecule has 124 valence electrons. The van der Waals surface area contributed by atoms with Crippen LogP contribution < -0.4 is 4.72 Å². The molecule has 0 amide bonds. The molecule has 21 heavy (non-hydrogen) atoms. The first-order chi connectivity index (χ1) is 9.64. The van der Waals surface area contributed by atoms with Crippen LogP contribution >= 0.6 is 0 Å². The highest BCUT2D eigenvalue weighted by atomic mass is 32.2. The van der Waals surface area contributed by atoms with Crippen molar-refractivity contribution in [2.24, 2.45) is 5.92 Å². The molecule has 0 bridgehead atoms. The summed E-state index contributed by atoms with van der Waals surface area (Å²) < 4.78 is 68.2. The van der Waals surface area contributed by atoms with Crippen molar-refractivity contribution in [1.29, 1.82) is 0 Å². The second-order valence-corrected chi connectivity index (χ2v) is 7.09. The Kier molecular flexibility index (Phi) is 6.45. The van der Waals surface area contributed by atoms with Crippen molar-refractivity contribution in [3.8, 4) is 0 Å². The number of carbonyl (C=O) groups excluding carboxylic acids is 1. The molecule has 0 aliphatic heterocycles. The third kappa shape index (κ3) is 6.64. The van der Waals surface area contributed by atoms with Crippen LogP contribution in [0, 0.1) is 5.92 Å². The topological polar surface area (TPSA) is 72.5 Å². The molecular weight excluding hydrogens is 311 g/mol. The summed E-state index contributed by atoms with van der Waals surface area (Å²) in [5.41, 5.74) is 0. The third-order valence-corrected chi connectivity index (χ3v) is 5.02. The summed E-state index contributed by atoms with van der Waals surface area (Å²) in [6.45, 7) is 0. The van der Waals surface area contributed by atoms with E-state index in [0.717, 1.165) is 0 Å². The Morgan fingerprint density at radius 2 is 2.00 bits per heavy atom. The largest absolute Gasteiger partial charge is 0.469 e. The number of ether oxygens (including phenoxy) is 1. The number of rotatable bonds is 6. The monoisotopic (exact) mass is 331 g/mol. The number of hydrogen-bond donors (Lipinski definition) is 1. The molecule has 2 atom stereocenters. The summed E-state index contributed by atoms with van der Waals surface area (Å²) in [6.07, 6.45) is -3.66. The van der Waals surface area contributed by atoms with Gasteiger partial charge in [0.15, 0.2) is 0 Å². The van der Waals surface area contributed by atoms with Crippen LogP contribution in [-0.4, -0.2) is 39.5 Å². The molecule has 9 heteroatoms. The number of methoxy groups -OCH3 is 1. The second kappa shape index (κ2) is 7.44. The van der Waals surface area contributed by atoms with Crippen LogP contribution in [0.3, 0.4) is 0 Å². The average Bonchev–Trinajstić information content (AvgIpc) is 2.37. The summed E-state index contributed by atoms with van der Waals surface area (Å²) >= 11 is 0. The van der Waals surface area contributed by atoms with Gasteiger partial charge >= 0.3 is 12.1 Å². The minimum Gasteiger partial charge on any atom is -0.469 e. The highest BCUT2D eigenvalue weighted by molar-refractivity contribution is 7.89. The molecule has 0 saturated heterocycles. The Morgan fingerprint density at radius 1 is 1.33 bits per heavy atom. The van der Waals surface area contributed by atoms with Crippen LogP contribution in [0.2, 0.25) is 0 Å². The first-order valence-corrected chi connectivity index (χ1v) is 8.43. The standard InChI is InChI=1S/C12H20F3NO4S/c1-20-11(17)6-3-7-21(18,19)16-10-5-2-4-9(8-10)12(13,14)15/h9-10,16H,2-8H2,1H3. The summed E-state index contributed by atoms with van der Waals surface area (Å²) in [5, 5.41) is 0. The van der Waals surface area contributed by atoms with Gasteiger partial charge in [-0.25, -0.2) is 13.1 Å². The molecule has 1 rings (SSSR count). The predicted molar refractivity (Wildman–Crippen MR) is 70.0 cm³/mol.